The SMILES string of the molecule is Cn1cc(-c2c(Cl)nc(N)n3nc(Cc4c(F)cccc4F)nc23)ccc1=O. The number of rotatable bonds is 3. The maximum Gasteiger partial charge on any atom is 0.250 e. The third kappa shape index (κ3) is 2.99. The van der Waals surface area contributed by atoms with Crippen LogP contribution in [-0.2, 0) is 13.5 Å². The third-order valence-corrected chi connectivity index (χ3v) is 4.56. The zero-order chi connectivity index (χ0) is 20.0. The molecule has 0 atom stereocenters. The van der Waals surface area contributed by atoms with Crippen LogP contribution in [0.4, 0.5) is 14.7 Å². The molecular formula is C18H13ClF2N6O. The van der Waals surface area contributed by atoms with Gasteiger partial charge < -0.3 is 10.3 Å². The van der Waals surface area contributed by atoms with E-state index in [1.807, 2.05) is 0 Å². The highest BCUT2D eigenvalue weighted by Crippen LogP contribution is 2.31. The van der Waals surface area contributed by atoms with E-state index >= 15 is 0 Å². The molecule has 0 unspecified atom stereocenters. The van der Waals surface area contributed by atoms with E-state index in [-0.39, 0.29) is 40.1 Å². The van der Waals surface area contributed by atoms with Crippen molar-refractivity contribution >= 4 is 23.2 Å². The molecule has 4 rings (SSSR count). The van der Waals surface area contributed by atoms with Crippen LogP contribution in [0, 0.1) is 11.6 Å². The summed E-state index contributed by atoms with van der Waals surface area (Å²) >= 11 is 6.28. The monoisotopic (exact) mass is 402 g/mol. The second kappa shape index (κ2) is 6.68. The Morgan fingerprint density at radius 3 is 2.54 bits per heavy atom. The van der Waals surface area contributed by atoms with Crippen molar-refractivity contribution in [1.82, 2.24) is 24.1 Å². The minimum Gasteiger partial charge on any atom is -0.368 e. The van der Waals surface area contributed by atoms with Gasteiger partial charge in [0.2, 0.25) is 11.5 Å². The average Bonchev–Trinajstić information content (AvgIpc) is 3.05. The molecular weight excluding hydrogens is 390 g/mol. The first-order chi connectivity index (χ1) is 13.3. The van der Waals surface area contributed by atoms with Crippen LogP contribution in [0.5, 0.6) is 0 Å². The van der Waals surface area contributed by atoms with Gasteiger partial charge in [-0.15, -0.1) is 5.10 Å². The molecule has 142 valence electrons. The summed E-state index contributed by atoms with van der Waals surface area (Å²) in [6, 6.07) is 6.56. The number of benzene rings is 1. The van der Waals surface area contributed by atoms with Crippen molar-refractivity contribution in [2.45, 2.75) is 6.42 Å². The number of hydrogen-bond donors (Lipinski definition) is 1. The molecule has 28 heavy (non-hydrogen) atoms. The Balaban J connectivity index is 1.90. The fraction of sp³-hybridized carbons (Fsp3) is 0.111. The van der Waals surface area contributed by atoms with Gasteiger partial charge in [-0.05, 0) is 18.2 Å². The summed E-state index contributed by atoms with van der Waals surface area (Å²) in [5, 5.41) is 4.28. The second-order valence-corrected chi connectivity index (χ2v) is 6.50. The topological polar surface area (TPSA) is 91.1 Å². The number of nitrogens with two attached hydrogens (primary N) is 1. The molecule has 0 spiro atoms. The highest BCUT2D eigenvalue weighted by atomic mass is 35.5. The van der Waals surface area contributed by atoms with Gasteiger partial charge in [-0.2, -0.15) is 4.52 Å². The lowest BCUT2D eigenvalue weighted by molar-refractivity contribution is 0.559. The number of nitrogens with zero attached hydrogens (tertiary/aromatic N) is 5. The summed E-state index contributed by atoms with van der Waals surface area (Å²) in [6.45, 7) is 0. The van der Waals surface area contributed by atoms with Gasteiger partial charge in [-0.25, -0.2) is 18.7 Å². The number of pyridine rings is 1. The lowest BCUT2D eigenvalue weighted by Gasteiger charge is -2.08. The zero-order valence-electron chi connectivity index (χ0n) is 14.5. The van der Waals surface area contributed by atoms with Crippen LogP contribution in [0.15, 0.2) is 41.3 Å². The minimum absolute atomic E-state index is 0.0266. The number of hydrogen-bond acceptors (Lipinski definition) is 5. The van der Waals surface area contributed by atoms with Crippen LogP contribution >= 0.6 is 11.6 Å². The lowest BCUT2D eigenvalue weighted by Crippen LogP contribution is -2.14. The molecule has 0 saturated heterocycles. The highest BCUT2D eigenvalue weighted by Gasteiger charge is 2.19. The fourth-order valence-corrected chi connectivity index (χ4v) is 3.18. The van der Waals surface area contributed by atoms with E-state index in [4.69, 9.17) is 17.3 Å². The van der Waals surface area contributed by atoms with Crippen molar-refractivity contribution in [3.8, 4) is 11.1 Å². The van der Waals surface area contributed by atoms with Crippen molar-refractivity contribution in [2.75, 3.05) is 5.73 Å². The van der Waals surface area contributed by atoms with Gasteiger partial charge >= 0.3 is 0 Å². The van der Waals surface area contributed by atoms with Gasteiger partial charge in [0.25, 0.3) is 0 Å². The molecule has 0 aliphatic carbocycles. The molecule has 0 radical (unpaired) electrons. The van der Waals surface area contributed by atoms with Crippen LogP contribution in [0.3, 0.4) is 0 Å². The normalized spacial score (nSPS) is 11.3. The summed E-state index contributed by atoms with van der Waals surface area (Å²) in [5.74, 6) is -1.27. The number of aromatic nitrogens is 5. The van der Waals surface area contributed by atoms with Crippen LogP contribution < -0.4 is 11.3 Å². The first kappa shape index (κ1) is 18.1. The van der Waals surface area contributed by atoms with Crippen molar-refractivity contribution in [3.63, 3.8) is 0 Å². The van der Waals surface area contributed by atoms with Gasteiger partial charge in [0.1, 0.15) is 16.8 Å². The van der Waals surface area contributed by atoms with Gasteiger partial charge in [0.15, 0.2) is 11.5 Å². The Morgan fingerprint density at radius 2 is 1.86 bits per heavy atom. The standard InChI is InChI=1S/C18H13ClF2N6O/c1-26-8-9(5-6-14(26)28)15-16(19)24-18(22)27-17(15)23-13(25-27)7-10-11(20)3-2-4-12(10)21/h2-6,8H,7H2,1H3,(H2,22,24). The molecule has 4 aromatic rings. The molecule has 10 heteroatoms. The van der Waals surface area contributed by atoms with E-state index in [0.717, 1.165) is 12.1 Å². The molecule has 1 aromatic carbocycles. The minimum atomic E-state index is -0.693. The lowest BCUT2D eigenvalue weighted by atomic mass is 10.1. The van der Waals surface area contributed by atoms with E-state index in [2.05, 4.69) is 15.1 Å². The van der Waals surface area contributed by atoms with Crippen LogP contribution in [0.1, 0.15) is 11.4 Å². The molecule has 7 nitrogen and oxygen atoms in total. The van der Waals surface area contributed by atoms with Crippen LogP contribution in [-0.4, -0.2) is 24.1 Å². The van der Waals surface area contributed by atoms with Gasteiger partial charge in [0.05, 0.1) is 5.56 Å². The van der Waals surface area contributed by atoms with Gasteiger partial charge in [0, 0.05) is 36.9 Å². The van der Waals surface area contributed by atoms with E-state index < -0.39 is 11.6 Å². The fourth-order valence-electron chi connectivity index (χ4n) is 2.90. The smallest absolute Gasteiger partial charge is 0.250 e. The van der Waals surface area contributed by atoms with Crippen molar-refractivity contribution < 1.29 is 8.78 Å². The molecule has 0 aliphatic rings. The first-order valence-electron chi connectivity index (χ1n) is 8.15. The molecule has 0 aliphatic heterocycles. The third-order valence-electron chi connectivity index (χ3n) is 4.28. The quantitative estimate of drug-likeness (QED) is 0.532. The Bertz CT molecular complexity index is 1260. The summed E-state index contributed by atoms with van der Waals surface area (Å²) in [7, 11) is 1.60. The molecule has 0 fully saturated rings. The Kier molecular flexibility index (Phi) is 4.31. The summed E-state index contributed by atoms with van der Waals surface area (Å²) in [4.78, 5) is 20.1. The van der Waals surface area contributed by atoms with Crippen molar-refractivity contribution in [2.24, 2.45) is 7.05 Å². The van der Waals surface area contributed by atoms with Crippen molar-refractivity contribution in [3.05, 3.63) is 75.1 Å². The molecule has 2 N–H and O–H groups in total. The molecule has 0 bridgehead atoms. The maximum absolute atomic E-state index is 14.0. The molecule has 0 amide bonds. The maximum atomic E-state index is 14.0. The summed E-state index contributed by atoms with van der Waals surface area (Å²) < 4.78 is 30.6. The largest absolute Gasteiger partial charge is 0.368 e. The summed E-state index contributed by atoms with van der Waals surface area (Å²) in [6.07, 6.45) is 1.40. The van der Waals surface area contributed by atoms with Crippen LogP contribution in [0.25, 0.3) is 16.8 Å². The number of fused-ring (bicyclic) bond motifs is 1. The highest BCUT2D eigenvalue weighted by molar-refractivity contribution is 6.33. The number of nitrogen functional groups attached to an aromatic ring is 1. The van der Waals surface area contributed by atoms with E-state index in [1.54, 1.807) is 19.3 Å². The number of anilines is 1. The van der Waals surface area contributed by atoms with Gasteiger partial charge in [-0.3, -0.25) is 4.79 Å². The Labute approximate surface area is 162 Å². The van der Waals surface area contributed by atoms with E-state index in [0.29, 0.717) is 11.1 Å². The molecule has 0 saturated carbocycles. The molecule has 3 aromatic heterocycles. The Morgan fingerprint density at radius 1 is 1.14 bits per heavy atom. The van der Waals surface area contributed by atoms with E-state index in [9.17, 15) is 13.6 Å². The predicted octanol–water partition coefficient (Wildman–Crippen LogP) is 2.59. The van der Waals surface area contributed by atoms with Crippen LogP contribution in [0.2, 0.25) is 5.15 Å². The molecule has 3 heterocycles. The predicted molar refractivity (Wildman–Crippen MR) is 100 cm³/mol. The van der Waals surface area contributed by atoms with Crippen molar-refractivity contribution in [1.29, 1.82) is 0 Å². The van der Waals surface area contributed by atoms with E-state index in [1.165, 1.54) is 21.2 Å². The van der Waals surface area contributed by atoms with Gasteiger partial charge in [-0.1, -0.05) is 17.7 Å². The average molecular weight is 403 g/mol. The number of halogens is 3. The first-order valence-corrected chi connectivity index (χ1v) is 8.53. The number of aryl methyl sites for hydroxylation is 1. The Hall–Kier alpha value is -3.33. The summed E-state index contributed by atoms with van der Waals surface area (Å²) in [5.41, 5.74) is 6.77. The zero-order valence-corrected chi connectivity index (χ0v) is 15.3. The second-order valence-electron chi connectivity index (χ2n) is 6.14.